The van der Waals surface area contributed by atoms with Crippen LogP contribution in [0.4, 0.5) is 0 Å². The van der Waals surface area contributed by atoms with E-state index < -0.39 is 73.3 Å². The first-order valence-corrected chi connectivity index (χ1v) is 20.5. The summed E-state index contributed by atoms with van der Waals surface area (Å²) in [5, 5.41) is 75.0. The quantitative estimate of drug-likeness (QED) is 0.154. The Hall–Kier alpha value is -0.780. The van der Waals surface area contributed by atoms with E-state index in [1.807, 2.05) is 6.92 Å². The normalized spacial score (nSPS) is 57.7. The van der Waals surface area contributed by atoms with E-state index in [0.29, 0.717) is 30.8 Å². The molecule has 2 spiro atoms. The van der Waals surface area contributed by atoms with Crippen molar-refractivity contribution in [3.63, 3.8) is 0 Å². The molecule has 0 unspecified atom stereocenters. The van der Waals surface area contributed by atoms with Gasteiger partial charge in [-0.3, -0.25) is 0 Å². The van der Waals surface area contributed by atoms with E-state index in [1.165, 1.54) is 5.57 Å². The van der Waals surface area contributed by atoms with Gasteiger partial charge >= 0.3 is 0 Å². The monoisotopic (exact) mass is 766 g/mol. The minimum absolute atomic E-state index is 0.00497. The van der Waals surface area contributed by atoms with Gasteiger partial charge in [0.05, 0.1) is 37.6 Å². The van der Waals surface area contributed by atoms with Crippen molar-refractivity contribution in [1.29, 1.82) is 0 Å². The third kappa shape index (κ3) is 5.65. The van der Waals surface area contributed by atoms with Gasteiger partial charge in [-0.2, -0.15) is 0 Å². The van der Waals surface area contributed by atoms with Crippen LogP contribution in [0.5, 0.6) is 0 Å². The highest BCUT2D eigenvalue weighted by atomic mass is 16.7. The molecule has 7 N–H and O–H groups in total. The Morgan fingerprint density at radius 2 is 1.57 bits per heavy atom. The van der Waals surface area contributed by atoms with Crippen LogP contribution in [-0.2, 0) is 28.4 Å². The molecule has 4 aliphatic carbocycles. The maximum absolute atomic E-state index is 12.1. The second-order valence-electron chi connectivity index (χ2n) is 20.2. The molecule has 2 bridgehead atoms. The Balaban J connectivity index is 0.992. The lowest BCUT2D eigenvalue weighted by molar-refractivity contribution is -0.358. The second kappa shape index (κ2) is 13.4. The minimum atomic E-state index is -1.68. The molecular weight excluding hydrogens is 700 g/mol. The molecule has 8 fully saturated rings. The summed E-state index contributed by atoms with van der Waals surface area (Å²) < 4.78 is 37.6. The lowest BCUT2D eigenvalue weighted by Crippen LogP contribution is -2.67. The number of fused-ring (bicyclic) bond motifs is 4. The second-order valence-corrected chi connectivity index (χ2v) is 20.2. The number of rotatable bonds is 6. The average Bonchev–Trinajstić information content (AvgIpc) is 3.61. The standard InChI is InChI=1S/C41H66O13/c1-20(2)14-21-15-39(7,48)33-22-8-9-26-37(5)12-11-27(36(3,4)25(37)10-13-38(26,6)40(22)18-41(33,54-21)50-19-40)52-34-31(47)32(23(43)17-49-34)53-35-30(46)29(45)28(44)24(16-42)51-35/h14,21-35,42-48H,8-13,15-19H2,1-7H3/t21-,22-,23+,24-,25+,26-,27+,28-,29+,30-,31-,32+,33+,34+,35+,37+,38-,39+,40+,41+/m1/s1. The molecule has 4 saturated heterocycles. The maximum Gasteiger partial charge on any atom is 0.187 e. The van der Waals surface area contributed by atoms with Gasteiger partial charge < -0.3 is 64.2 Å². The van der Waals surface area contributed by atoms with E-state index in [9.17, 15) is 35.7 Å². The highest BCUT2D eigenvalue weighted by molar-refractivity contribution is 5.26. The molecule has 4 saturated carbocycles. The highest BCUT2D eigenvalue weighted by Crippen LogP contribution is 2.80. The SMILES string of the molecule is CC(C)=C[C@@H]1C[C@](C)(O)[C@@H]2[C@H]3CC[C@@H]4[C@@]5(C)CC[C@H](O[C@@H]6OC[C@H](O)[C@H](O[C@@H]7O[C@H](CO)[C@@H](O)[C@H](O)[C@H]7O)[C@H]6O)C(C)(C)[C@@H]5CC[C@@]4(C)[C@@]34CO[C@@]2(C4)O1. The molecule has 4 heterocycles. The van der Waals surface area contributed by atoms with Gasteiger partial charge in [-0.25, -0.2) is 0 Å². The molecule has 0 aromatic heterocycles. The summed E-state index contributed by atoms with van der Waals surface area (Å²) in [4.78, 5) is 0. The van der Waals surface area contributed by atoms with Crippen LogP contribution in [0.3, 0.4) is 0 Å². The molecule has 13 nitrogen and oxygen atoms in total. The molecule has 8 rings (SSSR count). The molecule has 20 atom stereocenters. The fraction of sp³-hybridized carbons (Fsp3) is 0.951. The van der Waals surface area contributed by atoms with Crippen molar-refractivity contribution >= 4 is 0 Å². The smallest absolute Gasteiger partial charge is 0.187 e. The van der Waals surface area contributed by atoms with E-state index in [1.54, 1.807) is 0 Å². The van der Waals surface area contributed by atoms with E-state index in [2.05, 4.69) is 47.6 Å². The van der Waals surface area contributed by atoms with Crippen LogP contribution in [0.2, 0.25) is 0 Å². The van der Waals surface area contributed by atoms with E-state index >= 15 is 0 Å². The van der Waals surface area contributed by atoms with Crippen LogP contribution in [0.25, 0.3) is 0 Å². The first-order valence-electron chi connectivity index (χ1n) is 20.5. The maximum atomic E-state index is 12.1. The summed E-state index contributed by atoms with van der Waals surface area (Å²) in [7, 11) is 0. The zero-order valence-corrected chi connectivity index (χ0v) is 33.1. The lowest BCUT2D eigenvalue weighted by atomic mass is 9.35. The van der Waals surface area contributed by atoms with Gasteiger partial charge in [-0.15, -0.1) is 0 Å². The fourth-order valence-corrected chi connectivity index (χ4v) is 14.4. The van der Waals surface area contributed by atoms with E-state index in [0.717, 1.165) is 44.9 Å². The summed E-state index contributed by atoms with van der Waals surface area (Å²) in [6.07, 6.45) is -3.77. The van der Waals surface area contributed by atoms with Gasteiger partial charge in [0, 0.05) is 24.2 Å². The first kappa shape index (κ1) is 40.0. The van der Waals surface area contributed by atoms with Crippen LogP contribution in [0.1, 0.15) is 99.8 Å². The van der Waals surface area contributed by atoms with Crippen molar-refractivity contribution in [3.8, 4) is 0 Å². The fourth-order valence-electron chi connectivity index (χ4n) is 14.4. The van der Waals surface area contributed by atoms with Crippen molar-refractivity contribution in [2.75, 3.05) is 19.8 Å². The predicted molar refractivity (Wildman–Crippen MR) is 192 cm³/mol. The summed E-state index contributed by atoms with van der Waals surface area (Å²) in [5.41, 5.74) is -0.0544. The number of ether oxygens (including phenoxy) is 6. The Labute approximate surface area is 319 Å². The van der Waals surface area contributed by atoms with Gasteiger partial charge in [0.1, 0.15) is 42.7 Å². The molecule has 0 aromatic rings. The summed E-state index contributed by atoms with van der Waals surface area (Å²) in [6.45, 7) is 15.6. The van der Waals surface area contributed by atoms with Gasteiger partial charge in [0.2, 0.25) is 0 Å². The molecule has 4 aliphatic heterocycles. The van der Waals surface area contributed by atoms with Crippen LogP contribution in [0.15, 0.2) is 11.6 Å². The molecule has 54 heavy (non-hydrogen) atoms. The lowest BCUT2D eigenvalue weighted by Gasteiger charge is -2.70. The average molecular weight is 767 g/mol. The van der Waals surface area contributed by atoms with E-state index in [4.69, 9.17) is 28.4 Å². The predicted octanol–water partition coefficient (Wildman–Crippen LogP) is 2.14. The Morgan fingerprint density at radius 1 is 0.833 bits per heavy atom. The molecule has 0 amide bonds. The van der Waals surface area contributed by atoms with Crippen LogP contribution < -0.4 is 0 Å². The topological polar surface area (TPSA) is 197 Å². The molecule has 0 radical (unpaired) electrons. The van der Waals surface area contributed by atoms with Gasteiger partial charge in [-0.1, -0.05) is 39.3 Å². The highest BCUT2D eigenvalue weighted by Gasteiger charge is 2.80. The van der Waals surface area contributed by atoms with Gasteiger partial charge in [0.25, 0.3) is 0 Å². The van der Waals surface area contributed by atoms with Crippen LogP contribution >= 0.6 is 0 Å². The largest absolute Gasteiger partial charge is 0.394 e. The zero-order valence-electron chi connectivity index (χ0n) is 33.1. The van der Waals surface area contributed by atoms with Crippen molar-refractivity contribution < 1.29 is 64.2 Å². The van der Waals surface area contributed by atoms with Crippen LogP contribution in [0, 0.1) is 45.3 Å². The summed E-state index contributed by atoms with van der Waals surface area (Å²) in [5.74, 6) is 0.284. The van der Waals surface area contributed by atoms with Crippen molar-refractivity contribution in [3.05, 3.63) is 11.6 Å². The number of allylic oxidation sites excluding steroid dienone is 1. The van der Waals surface area contributed by atoms with Gasteiger partial charge in [0.15, 0.2) is 18.4 Å². The molecule has 8 aliphatic rings. The van der Waals surface area contributed by atoms with Crippen molar-refractivity contribution in [1.82, 2.24) is 0 Å². The summed E-state index contributed by atoms with van der Waals surface area (Å²) in [6, 6.07) is 0. The number of hydrogen-bond donors (Lipinski definition) is 7. The third-order valence-corrected chi connectivity index (χ3v) is 16.6. The number of aliphatic hydroxyl groups excluding tert-OH is 6. The molecule has 0 aromatic carbocycles. The number of aliphatic hydroxyl groups is 7. The Morgan fingerprint density at radius 3 is 2.28 bits per heavy atom. The number of hydrogen-bond acceptors (Lipinski definition) is 13. The zero-order chi connectivity index (χ0) is 39.0. The van der Waals surface area contributed by atoms with Crippen molar-refractivity contribution in [2.24, 2.45) is 45.3 Å². The molecular formula is C41H66O13. The van der Waals surface area contributed by atoms with Gasteiger partial charge in [-0.05, 0) is 93.3 Å². The third-order valence-electron chi connectivity index (χ3n) is 16.6. The molecule has 308 valence electrons. The summed E-state index contributed by atoms with van der Waals surface area (Å²) >= 11 is 0. The van der Waals surface area contributed by atoms with Crippen LogP contribution in [-0.4, -0.2) is 134 Å². The Bertz CT molecular complexity index is 1450. The molecule has 13 heteroatoms. The minimum Gasteiger partial charge on any atom is -0.394 e. The van der Waals surface area contributed by atoms with E-state index in [-0.39, 0.29) is 46.4 Å². The van der Waals surface area contributed by atoms with Crippen molar-refractivity contribution in [2.45, 2.75) is 179 Å². The Kier molecular flexibility index (Phi) is 9.91. The first-order chi connectivity index (χ1) is 25.2.